The molecular weight excluding hydrogens is 270 g/mol. The standard InChI is InChI=1S/C16H15NO2S/c18-16(19)11-5-7-12(8-6-11)17-14-9-10-20-15-4-2-1-3-13(14)15/h1-8,14,17H,9-10H2,(H,18,19). The van der Waals surface area contributed by atoms with Crippen LogP contribution in [0.5, 0.6) is 0 Å². The fourth-order valence-electron chi connectivity index (χ4n) is 2.40. The fourth-order valence-corrected chi connectivity index (χ4v) is 3.53. The monoisotopic (exact) mass is 285 g/mol. The summed E-state index contributed by atoms with van der Waals surface area (Å²) in [6.45, 7) is 0. The number of hydrogen-bond donors (Lipinski definition) is 2. The van der Waals surface area contributed by atoms with Crippen LogP contribution >= 0.6 is 11.8 Å². The normalized spacial score (nSPS) is 17.3. The molecule has 0 fully saturated rings. The van der Waals surface area contributed by atoms with Crippen molar-refractivity contribution < 1.29 is 9.90 Å². The Kier molecular flexibility index (Phi) is 3.65. The molecule has 0 aliphatic carbocycles. The van der Waals surface area contributed by atoms with Crippen molar-refractivity contribution in [3.8, 4) is 0 Å². The number of aromatic carboxylic acids is 1. The van der Waals surface area contributed by atoms with Crippen molar-refractivity contribution in [2.75, 3.05) is 11.1 Å². The second-order valence-corrected chi connectivity index (χ2v) is 5.89. The molecule has 0 saturated carbocycles. The van der Waals surface area contributed by atoms with Crippen LogP contribution < -0.4 is 5.32 Å². The molecule has 0 radical (unpaired) electrons. The molecule has 2 N–H and O–H groups in total. The molecule has 4 heteroatoms. The molecule has 1 aliphatic rings. The zero-order valence-corrected chi connectivity index (χ0v) is 11.7. The summed E-state index contributed by atoms with van der Waals surface area (Å²) >= 11 is 1.89. The minimum Gasteiger partial charge on any atom is -0.478 e. The van der Waals surface area contributed by atoms with Crippen LogP contribution in [0.1, 0.15) is 28.4 Å². The van der Waals surface area contributed by atoms with Crippen molar-refractivity contribution in [1.82, 2.24) is 0 Å². The highest BCUT2D eigenvalue weighted by atomic mass is 32.2. The van der Waals surface area contributed by atoms with Gasteiger partial charge in [0.1, 0.15) is 0 Å². The first-order valence-electron chi connectivity index (χ1n) is 6.55. The Morgan fingerprint density at radius 2 is 1.90 bits per heavy atom. The van der Waals surface area contributed by atoms with Crippen LogP contribution in [0.4, 0.5) is 5.69 Å². The van der Waals surface area contributed by atoms with Gasteiger partial charge < -0.3 is 10.4 Å². The Hall–Kier alpha value is -1.94. The predicted octanol–water partition coefficient (Wildman–Crippen LogP) is 4.03. The van der Waals surface area contributed by atoms with Crippen molar-refractivity contribution in [1.29, 1.82) is 0 Å². The van der Waals surface area contributed by atoms with Crippen molar-refractivity contribution in [2.24, 2.45) is 0 Å². The third kappa shape index (κ3) is 2.65. The number of hydrogen-bond acceptors (Lipinski definition) is 3. The molecular formula is C16H15NO2S. The molecule has 1 aliphatic heterocycles. The molecule has 20 heavy (non-hydrogen) atoms. The zero-order valence-electron chi connectivity index (χ0n) is 10.9. The number of carboxylic acids is 1. The maximum absolute atomic E-state index is 10.8. The number of benzene rings is 2. The first kappa shape index (κ1) is 13.1. The number of rotatable bonds is 3. The Labute approximate surface area is 122 Å². The van der Waals surface area contributed by atoms with E-state index in [1.165, 1.54) is 10.5 Å². The molecule has 0 amide bonds. The fraction of sp³-hybridized carbons (Fsp3) is 0.188. The summed E-state index contributed by atoms with van der Waals surface area (Å²) < 4.78 is 0. The Morgan fingerprint density at radius 3 is 2.65 bits per heavy atom. The Balaban J connectivity index is 1.80. The summed E-state index contributed by atoms with van der Waals surface area (Å²) in [6, 6.07) is 15.7. The largest absolute Gasteiger partial charge is 0.478 e. The first-order chi connectivity index (χ1) is 9.74. The average molecular weight is 285 g/mol. The molecule has 3 nitrogen and oxygen atoms in total. The van der Waals surface area contributed by atoms with Gasteiger partial charge in [-0.2, -0.15) is 0 Å². The summed E-state index contributed by atoms with van der Waals surface area (Å²) in [4.78, 5) is 12.2. The molecule has 3 rings (SSSR count). The van der Waals surface area contributed by atoms with Gasteiger partial charge in [-0.05, 0) is 42.3 Å². The smallest absolute Gasteiger partial charge is 0.335 e. The predicted molar refractivity (Wildman–Crippen MR) is 81.5 cm³/mol. The summed E-state index contributed by atoms with van der Waals surface area (Å²) in [5.41, 5.74) is 2.60. The van der Waals surface area contributed by atoms with Crippen LogP contribution in [0.25, 0.3) is 0 Å². The molecule has 0 bridgehead atoms. The number of anilines is 1. The third-order valence-electron chi connectivity index (χ3n) is 3.43. The van der Waals surface area contributed by atoms with Gasteiger partial charge in [-0.15, -0.1) is 11.8 Å². The average Bonchev–Trinajstić information content (AvgIpc) is 2.48. The lowest BCUT2D eigenvalue weighted by molar-refractivity contribution is 0.0697. The number of nitrogens with one attached hydrogen (secondary N) is 1. The maximum atomic E-state index is 10.8. The molecule has 0 saturated heterocycles. The summed E-state index contributed by atoms with van der Waals surface area (Å²) in [5, 5.41) is 12.4. The molecule has 2 aromatic carbocycles. The van der Waals surface area contributed by atoms with E-state index in [1.54, 1.807) is 12.1 Å². The highest BCUT2D eigenvalue weighted by Gasteiger charge is 2.19. The third-order valence-corrected chi connectivity index (χ3v) is 4.55. The van der Waals surface area contributed by atoms with E-state index >= 15 is 0 Å². The van der Waals surface area contributed by atoms with Gasteiger partial charge in [0.15, 0.2) is 0 Å². The van der Waals surface area contributed by atoms with Crippen LogP contribution in [-0.2, 0) is 0 Å². The summed E-state index contributed by atoms with van der Waals surface area (Å²) in [5.74, 6) is 0.206. The molecule has 0 spiro atoms. The number of thioether (sulfide) groups is 1. The van der Waals surface area contributed by atoms with Crippen LogP contribution in [0.2, 0.25) is 0 Å². The second-order valence-electron chi connectivity index (χ2n) is 4.75. The number of fused-ring (bicyclic) bond motifs is 1. The lowest BCUT2D eigenvalue weighted by Gasteiger charge is -2.26. The van der Waals surface area contributed by atoms with Gasteiger partial charge in [-0.3, -0.25) is 0 Å². The Bertz CT molecular complexity index is 625. The SMILES string of the molecule is O=C(O)c1ccc(NC2CCSc3ccccc32)cc1. The van der Waals surface area contributed by atoms with E-state index in [0.717, 1.165) is 17.9 Å². The van der Waals surface area contributed by atoms with Crippen molar-refractivity contribution in [3.05, 3.63) is 59.7 Å². The molecule has 1 unspecified atom stereocenters. The van der Waals surface area contributed by atoms with E-state index in [0.29, 0.717) is 11.6 Å². The highest BCUT2D eigenvalue weighted by Crippen LogP contribution is 2.37. The molecule has 2 aromatic rings. The lowest BCUT2D eigenvalue weighted by atomic mass is 10.0. The van der Waals surface area contributed by atoms with Gasteiger partial charge in [0.2, 0.25) is 0 Å². The highest BCUT2D eigenvalue weighted by molar-refractivity contribution is 7.99. The van der Waals surface area contributed by atoms with Gasteiger partial charge in [-0.1, -0.05) is 18.2 Å². The van der Waals surface area contributed by atoms with E-state index in [2.05, 4.69) is 29.6 Å². The first-order valence-corrected chi connectivity index (χ1v) is 7.54. The topological polar surface area (TPSA) is 49.3 Å². The van der Waals surface area contributed by atoms with Gasteiger partial charge in [0.25, 0.3) is 0 Å². The molecule has 1 atom stereocenters. The van der Waals surface area contributed by atoms with Crippen LogP contribution in [0, 0.1) is 0 Å². The minimum atomic E-state index is -0.893. The molecule has 102 valence electrons. The van der Waals surface area contributed by atoms with Gasteiger partial charge >= 0.3 is 5.97 Å². The zero-order chi connectivity index (χ0) is 13.9. The van der Waals surface area contributed by atoms with E-state index in [-0.39, 0.29) is 0 Å². The lowest BCUT2D eigenvalue weighted by Crippen LogP contribution is -2.16. The summed E-state index contributed by atoms with van der Waals surface area (Å²) in [6.07, 6.45) is 1.07. The van der Waals surface area contributed by atoms with E-state index in [9.17, 15) is 4.79 Å². The van der Waals surface area contributed by atoms with Crippen LogP contribution in [0.3, 0.4) is 0 Å². The van der Waals surface area contributed by atoms with Gasteiger partial charge in [0, 0.05) is 16.3 Å². The number of carbonyl (C=O) groups is 1. The molecule has 0 aromatic heterocycles. The van der Waals surface area contributed by atoms with Crippen LogP contribution in [-0.4, -0.2) is 16.8 Å². The van der Waals surface area contributed by atoms with Gasteiger partial charge in [0.05, 0.1) is 11.6 Å². The van der Waals surface area contributed by atoms with E-state index < -0.39 is 5.97 Å². The van der Waals surface area contributed by atoms with E-state index in [1.807, 2.05) is 23.9 Å². The van der Waals surface area contributed by atoms with Crippen molar-refractivity contribution in [2.45, 2.75) is 17.4 Å². The van der Waals surface area contributed by atoms with Crippen LogP contribution in [0.15, 0.2) is 53.4 Å². The number of carboxylic acid groups (broad SMARTS) is 1. The van der Waals surface area contributed by atoms with Crippen molar-refractivity contribution in [3.63, 3.8) is 0 Å². The Morgan fingerprint density at radius 1 is 1.15 bits per heavy atom. The van der Waals surface area contributed by atoms with Crippen molar-refractivity contribution >= 4 is 23.4 Å². The van der Waals surface area contributed by atoms with Gasteiger partial charge in [-0.25, -0.2) is 4.79 Å². The van der Waals surface area contributed by atoms with E-state index in [4.69, 9.17) is 5.11 Å². The molecule has 1 heterocycles. The quantitative estimate of drug-likeness (QED) is 0.893. The summed E-state index contributed by atoms with van der Waals surface area (Å²) in [7, 11) is 0. The maximum Gasteiger partial charge on any atom is 0.335 e. The second kappa shape index (κ2) is 5.59. The minimum absolute atomic E-state index is 0.295.